The Balaban J connectivity index is 1.42. The molecule has 0 atom stereocenters. The van der Waals surface area contributed by atoms with Crippen LogP contribution in [-0.4, -0.2) is 27.0 Å². The molecule has 1 aromatic carbocycles. The van der Waals surface area contributed by atoms with E-state index < -0.39 is 0 Å². The molecule has 0 radical (unpaired) electrons. The van der Waals surface area contributed by atoms with E-state index in [0.29, 0.717) is 18.5 Å². The molecule has 0 aliphatic rings. The number of carbonyl (C=O) groups is 1. The number of fused-ring (bicyclic) bond motifs is 1. The van der Waals surface area contributed by atoms with Gasteiger partial charge in [0.15, 0.2) is 5.82 Å². The number of hydrogen-bond donors (Lipinski definition) is 1. The van der Waals surface area contributed by atoms with E-state index in [4.69, 9.17) is 0 Å². The van der Waals surface area contributed by atoms with Crippen LogP contribution in [0.1, 0.15) is 16.1 Å². The summed E-state index contributed by atoms with van der Waals surface area (Å²) in [6.45, 7) is 0.551. The summed E-state index contributed by atoms with van der Waals surface area (Å²) in [5, 5.41) is 11.6. The number of nitrogens with zero attached hydrogens (tertiary/aromatic N) is 3. The Kier molecular flexibility index (Phi) is 4.65. The normalized spacial score (nSPS) is 11.1. The first-order valence-corrected chi connectivity index (χ1v) is 10.2. The largest absolute Gasteiger partial charge is 0.352 e. The maximum Gasteiger partial charge on any atom is 0.251 e. The van der Waals surface area contributed by atoms with Gasteiger partial charge in [0.2, 0.25) is 4.96 Å². The van der Waals surface area contributed by atoms with Gasteiger partial charge in [0.05, 0.1) is 10.6 Å². The van der Waals surface area contributed by atoms with Crippen molar-refractivity contribution in [1.29, 1.82) is 0 Å². The zero-order valence-corrected chi connectivity index (χ0v) is 16.2. The Morgan fingerprint density at radius 1 is 1.20 bits per heavy atom. The molecule has 0 bridgehead atoms. The second kappa shape index (κ2) is 7.07. The highest BCUT2D eigenvalue weighted by atomic mass is 79.9. The number of rotatable bonds is 5. The van der Waals surface area contributed by atoms with Gasteiger partial charge in [-0.3, -0.25) is 4.79 Å². The minimum atomic E-state index is -0.0724. The predicted molar refractivity (Wildman–Crippen MR) is 104 cm³/mol. The number of carbonyl (C=O) groups excluding carboxylic acids is 1. The summed E-state index contributed by atoms with van der Waals surface area (Å²) >= 11 is 6.56. The first kappa shape index (κ1) is 16.4. The average Bonchev–Trinajstić information content (AvgIpc) is 3.33. The van der Waals surface area contributed by atoms with Crippen LogP contribution < -0.4 is 5.32 Å². The zero-order valence-electron chi connectivity index (χ0n) is 13.0. The van der Waals surface area contributed by atoms with Crippen molar-refractivity contribution in [2.75, 3.05) is 6.54 Å². The summed E-state index contributed by atoms with van der Waals surface area (Å²) in [6, 6.07) is 11.3. The lowest BCUT2D eigenvalue weighted by Gasteiger charge is -2.04. The maximum absolute atomic E-state index is 12.2. The molecule has 0 fully saturated rings. The minimum Gasteiger partial charge on any atom is -0.352 e. The van der Waals surface area contributed by atoms with Crippen LogP contribution in [0.25, 0.3) is 15.7 Å². The third-order valence-corrected chi connectivity index (χ3v) is 5.92. The number of thiophene rings is 1. The quantitative estimate of drug-likeness (QED) is 0.512. The summed E-state index contributed by atoms with van der Waals surface area (Å²) < 4.78 is 2.82. The van der Waals surface area contributed by atoms with E-state index in [1.54, 1.807) is 34.8 Å². The number of hydrogen-bond acceptors (Lipinski definition) is 5. The fourth-order valence-corrected chi connectivity index (χ4v) is 4.19. The van der Waals surface area contributed by atoms with Gasteiger partial charge in [-0.15, -0.1) is 27.8 Å². The monoisotopic (exact) mass is 432 g/mol. The van der Waals surface area contributed by atoms with Crippen molar-refractivity contribution in [1.82, 2.24) is 19.9 Å². The molecule has 8 heteroatoms. The van der Waals surface area contributed by atoms with E-state index in [1.165, 1.54) is 0 Å². The zero-order chi connectivity index (χ0) is 17.2. The molecule has 25 heavy (non-hydrogen) atoms. The second-order valence-electron chi connectivity index (χ2n) is 5.35. The van der Waals surface area contributed by atoms with Crippen molar-refractivity contribution >= 4 is 49.5 Å². The van der Waals surface area contributed by atoms with Crippen molar-refractivity contribution in [3.8, 4) is 10.7 Å². The van der Waals surface area contributed by atoms with Crippen LogP contribution in [-0.2, 0) is 6.42 Å². The molecule has 0 saturated heterocycles. The molecule has 0 spiro atoms. The number of amides is 1. The second-order valence-corrected chi connectivity index (χ2v) is 8.05. The number of aromatic nitrogens is 3. The van der Waals surface area contributed by atoms with E-state index in [-0.39, 0.29) is 5.91 Å². The van der Waals surface area contributed by atoms with Gasteiger partial charge in [-0.1, -0.05) is 22.0 Å². The van der Waals surface area contributed by atoms with Crippen LogP contribution in [0.4, 0.5) is 0 Å². The molecular formula is C17H13BrN4OS2. The molecule has 0 saturated carbocycles. The summed E-state index contributed by atoms with van der Waals surface area (Å²) in [6.07, 6.45) is 0.704. The molecular weight excluding hydrogens is 420 g/mol. The highest BCUT2D eigenvalue weighted by Gasteiger charge is 2.12. The number of thiazole rings is 1. The van der Waals surface area contributed by atoms with Crippen LogP contribution in [0.3, 0.4) is 0 Å². The summed E-state index contributed by atoms with van der Waals surface area (Å²) in [7, 11) is 0. The van der Waals surface area contributed by atoms with E-state index in [1.807, 2.05) is 39.5 Å². The van der Waals surface area contributed by atoms with Gasteiger partial charge in [0.25, 0.3) is 5.91 Å². The highest BCUT2D eigenvalue weighted by Crippen LogP contribution is 2.24. The van der Waals surface area contributed by atoms with Gasteiger partial charge in [-0.05, 0) is 35.7 Å². The maximum atomic E-state index is 12.2. The number of halogens is 1. The van der Waals surface area contributed by atoms with Crippen molar-refractivity contribution in [3.05, 3.63) is 62.9 Å². The molecule has 1 amide bonds. The van der Waals surface area contributed by atoms with Crippen molar-refractivity contribution < 1.29 is 4.79 Å². The minimum absolute atomic E-state index is 0.0724. The van der Waals surface area contributed by atoms with Gasteiger partial charge in [0, 0.05) is 28.4 Å². The molecule has 126 valence electrons. The van der Waals surface area contributed by atoms with Gasteiger partial charge < -0.3 is 5.32 Å². The SMILES string of the molecule is O=C(NCCc1csc2nc(-c3cccs3)nn12)c1ccc(Br)cc1. The van der Waals surface area contributed by atoms with Crippen LogP contribution >= 0.6 is 38.6 Å². The fraction of sp³-hybridized carbons (Fsp3) is 0.118. The molecule has 0 aliphatic carbocycles. The lowest BCUT2D eigenvalue weighted by molar-refractivity contribution is 0.0954. The van der Waals surface area contributed by atoms with Crippen LogP contribution in [0.5, 0.6) is 0 Å². The van der Waals surface area contributed by atoms with Crippen molar-refractivity contribution in [2.45, 2.75) is 6.42 Å². The molecule has 1 N–H and O–H groups in total. The van der Waals surface area contributed by atoms with Gasteiger partial charge in [-0.2, -0.15) is 4.98 Å². The lowest BCUT2D eigenvalue weighted by Crippen LogP contribution is -2.25. The first-order valence-electron chi connectivity index (χ1n) is 7.61. The van der Waals surface area contributed by atoms with E-state index in [2.05, 4.69) is 31.3 Å². The summed E-state index contributed by atoms with van der Waals surface area (Å²) in [4.78, 5) is 18.6. The molecule has 5 nitrogen and oxygen atoms in total. The molecule has 0 unspecified atom stereocenters. The van der Waals surface area contributed by atoms with Crippen LogP contribution in [0.2, 0.25) is 0 Å². The van der Waals surface area contributed by atoms with Crippen LogP contribution in [0.15, 0.2) is 51.6 Å². The Morgan fingerprint density at radius 3 is 2.80 bits per heavy atom. The predicted octanol–water partition coefficient (Wildman–Crippen LogP) is 4.25. The Morgan fingerprint density at radius 2 is 2.04 bits per heavy atom. The summed E-state index contributed by atoms with van der Waals surface area (Å²) in [5.41, 5.74) is 1.70. The molecule has 3 heterocycles. The highest BCUT2D eigenvalue weighted by molar-refractivity contribution is 9.10. The van der Waals surface area contributed by atoms with Crippen molar-refractivity contribution in [3.63, 3.8) is 0 Å². The molecule has 4 rings (SSSR count). The number of benzene rings is 1. The Labute approximate surface area is 160 Å². The smallest absolute Gasteiger partial charge is 0.251 e. The average molecular weight is 433 g/mol. The standard InChI is InChI=1S/C17H13BrN4OS2/c18-12-5-3-11(4-6-12)16(23)19-8-7-13-10-25-17-20-15(21-22(13)17)14-2-1-9-24-14/h1-6,9-10H,7-8H2,(H,19,23). The van der Waals surface area contributed by atoms with E-state index in [9.17, 15) is 4.79 Å². The molecule has 3 aromatic heterocycles. The van der Waals surface area contributed by atoms with E-state index >= 15 is 0 Å². The third-order valence-electron chi connectivity index (χ3n) is 3.66. The number of nitrogens with one attached hydrogen (secondary N) is 1. The first-order chi connectivity index (χ1) is 12.2. The topological polar surface area (TPSA) is 59.3 Å². The fourth-order valence-electron chi connectivity index (χ4n) is 2.41. The molecule has 0 aliphatic heterocycles. The van der Waals surface area contributed by atoms with Gasteiger partial charge >= 0.3 is 0 Å². The van der Waals surface area contributed by atoms with Crippen LogP contribution in [0, 0.1) is 0 Å². The molecule has 4 aromatic rings. The third kappa shape index (κ3) is 3.51. The van der Waals surface area contributed by atoms with E-state index in [0.717, 1.165) is 25.8 Å². The lowest BCUT2D eigenvalue weighted by atomic mass is 10.2. The Hall–Kier alpha value is -2.03. The summed E-state index contributed by atoms with van der Waals surface area (Å²) in [5.74, 6) is 0.679. The Bertz CT molecular complexity index is 1010. The van der Waals surface area contributed by atoms with Gasteiger partial charge in [0.1, 0.15) is 0 Å². The van der Waals surface area contributed by atoms with Crippen molar-refractivity contribution in [2.24, 2.45) is 0 Å². The van der Waals surface area contributed by atoms with Gasteiger partial charge in [-0.25, -0.2) is 4.52 Å².